The van der Waals surface area contributed by atoms with Gasteiger partial charge in [-0.2, -0.15) is 0 Å². The summed E-state index contributed by atoms with van der Waals surface area (Å²) in [4.78, 5) is 25.4. The minimum Gasteiger partial charge on any atom is -0.478 e. The number of aryl methyl sites for hydroxylation is 1. The molecule has 0 bridgehead atoms. The number of carboxylic acids is 1. The van der Waals surface area contributed by atoms with E-state index < -0.39 is 5.97 Å². The Labute approximate surface area is 122 Å². The highest BCUT2D eigenvalue weighted by atomic mass is 16.4. The smallest absolute Gasteiger partial charge is 0.328 e. The van der Waals surface area contributed by atoms with E-state index in [1.807, 2.05) is 13.0 Å². The molecular formula is C16H16N2O3. The van der Waals surface area contributed by atoms with E-state index in [1.165, 1.54) is 6.08 Å². The Bertz CT molecular complexity index is 673. The van der Waals surface area contributed by atoms with Gasteiger partial charge in [0.2, 0.25) is 0 Å². The summed E-state index contributed by atoms with van der Waals surface area (Å²) in [5, 5.41) is 11.5. The molecule has 0 radical (unpaired) electrons. The van der Waals surface area contributed by atoms with E-state index in [2.05, 4.69) is 10.3 Å². The van der Waals surface area contributed by atoms with Crippen LogP contribution in [0.1, 0.15) is 28.5 Å². The summed E-state index contributed by atoms with van der Waals surface area (Å²) in [5.74, 6) is -1.19. The van der Waals surface area contributed by atoms with Crippen molar-refractivity contribution in [1.29, 1.82) is 0 Å². The molecule has 5 nitrogen and oxygen atoms in total. The zero-order valence-electron chi connectivity index (χ0n) is 11.6. The van der Waals surface area contributed by atoms with Crippen molar-refractivity contribution in [2.24, 2.45) is 0 Å². The van der Waals surface area contributed by atoms with Crippen LogP contribution in [0, 0.1) is 0 Å². The quantitative estimate of drug-likeness (QED) is 0.738. The summed E-state index contributed by atoms with van der Waals surface area (Å²) < 4.78 is 0. The highest BCUT2D eigenvalue weighted by Crippen LogP contribution is 2.20. The highest BCUT2D eigenvalue weighted by Gasteiger charge is 2.09. The van der Waals surface area contributed by atoms with E-state index in [-0.39, 0.29) is 5.91 Å². The van der Waals surface area contributed by atoms with E-state index in [9.17, 15) is 9.59 Å². The van der Waals surface area contributed by atoms with Crippen LogP contribution >= 0.6 is 0 Å². The fourth-order valence-electron chi connectivity index (χ4n) is 1.96. The summed E-state index contributed by atoms with van der Waals surface area (Å²) in [7, 11) is 0. The SMILES string of the molecule is CCc1cc(/C=C/C(=O)O)ccc1NC(=O)c1ccc[nH]1. The van der Waals surface area contributed by atoms with Gasteiger partial charge in [0.1, 0.15) is 5.69 Å². The Balaban J connectivity index is 2.20. The van der Waals surface area contributed by atoms with Crippen molar-refractivity contribution >= 4 is 23.6 Å². The van der Waals surface area contributed by atoms with Gasteiger partial charge in [-0.3, -0.25) is 4.79 Å². The van der Waals surface area contributed by atoms with Crippen LogP contribution in [-0.2, 0) is 11.2 Å². The maximum Gasteiger partial charge on any atom is 0.328 e. The molecule has 1 amide bonds. The fourth-order valence-corrected chi connectivity index (χ4v) is 1.96. The van der Waals surface area contributed by atoms with Gasteiger partial charge in [-0.25, -0.2) is 4.79 Å². The predicted molar refractivity (Wildman–Crippen MR) is 81.2 cm³/mol. The third kappa shape index (κ3) is 3.82. The normalized spacial score (nSPS) is 10.7. The first-order valence-electron chi connectivity index (χ1n) is 6.59. The zero-order chi connectivity index (χ0) is 15.2. The van der Waals surface area contributed by atoms with Crippen molar-refractivity contribution in [3.05, 3.63) is 59.4 Å². The molecule has 1 heterocycles. The summed E-state index contributed by atoms with van der Waals surface area (Å²) >= 11 is 0. The molecule has 0 saturated heterocycles. The van der Waals surface area contributed by atoms with Crippen LogP contribution < -0.4 is 5.32 Å². The highest BCUT2D eigenvalue weighted by molar-refractivity contribution is 6.03. The van der Waals surface area contributed by atoms with Gasteiger partial charge in [0.05, 0.1) is 0 Å². The van der Waals surface area contributed by atoms with Crippen molar-refractivity contribution in [2.45, 2.75) is 13.3 Å². The molecule has 108 valence electrons. The number of aromatic nitrogens is 1. The largest absolute Gasteiger partial charge is 0.478 e. The van der Waals surface area contributed by atoms with Gasteiger partial charge in [0.25, 0.3) is 5.91 Å². The first kappa shape index (κ1) is 14.6. The maximum atomic E-state index is 12.0. The Kier molecular flexibility index (Phi) is 4.56. The first-order chi connectivity index (χ1) is 10.1. The molecule has 0 aliphatic carbocycles. The van der Waals surface area contributed by atoms with Gasteiger partial charge < -0.3 is 15.4 Å². The first-order valence-corrected chi connectivity index (χ1v) is 6.59. The topological polar surface area (TPSA) is 82.2 Å². The third-order valence-corrected chi connectivity index (χ3v) is 3.02. The molecule has 0 spiro atoms. The second-order valence-corrected chi connectivity index (χ2v) is 4.48. The van der Waals surface area contributed by atoms with Gasteiger partial charge in [-0.05, 0) is 47.9 Å². The lowest BCUT2D eigenvalue weighted by Crippen LogP contribution is -2.13. The summed E-state index contributed by atoms with van der Waals surface area (Å²) in [6.07, 6.45) is 5.04. The molecule has 0 atom stereocenters. The Morgan fingerprint density at radius 1 is 1.33 bits per heavy atom. The Morgan fingerprint density at radius 2 is 2.14 bits per heavy atom. The Hall–Kier alpha value is -2.82. The molecule has 0 aliphatic rings. The number of carboxylic acid groups (broad SMARTS) is 1. The van der Waals surface area contributed by atoms with Crippen molar-refractivity contribution in [3.63, 3.8) is 0 Å². The van der Waals surface area contributed by atoms with Crippen molar-refractivity contribution in [3.8, 4) is 0 Å². The van der Waals surface area contributed by atoms with Gasteiger partial charge in [-0.1, -0.05) is 13.0 Å². The van der Waals surface area contributed by atoms with Crippen LogP contribution in [0.15, 0.2) is 42.6 Å². The molecule has 5 heteroatoms. The zero-order valence-corrected chi connectivity index (χ0v) is 11.6. The third-order valence-electron chi connectivity index (χ3n) is 3.02. The average Bonchev–Trinajstić information content (AvgIpc) is 3.00. The molecule has 1 aromatic heterocycles. The molecule has 0 aliphatic heterocycles. The molecule has 3 N–H and O–H groups in total. The van der Waals surface area contributed by atoms with E-state index in [1.54, 1.807) is 30.5 Å². The predicted octanol–water partition coefficient (Wildman–Crippen LogP) is 2.93. The summed E-state index contributed by atoms with van der Waals surface area (Å²) in [6.45, 7) is 1.98. The van der Waals surface area contributed by atoms with Crippen LogP contribution in [-0.4, -0.2) is 22.0 Å². The second-order valence-electron chi connectivity index (χ2n) is 4.48. The van der Waals surface area contributed by atoms with Gasteiger partial charge >= 0.3 is 5.97 Å². The lowest BCUT2D eigenvalue weighted by atomic mass is 10.1. The molecule has 0 unspecified atom stereocenters. The Morgan fingerprint density at radius 3 is 2.76 bits per heavy atom. The number of hydrogen-bond acceptors (Lipinski definition) is 2. The van der Waals surface area contributed by atoms with Crippen molar-refractivity contribution in [2.75, 3.05) is 5.32 Å². The van der Waals surface area contributed by atoms with Crippen LogP contribution in [0.3, 0.4) is 0 Å². The summed E-state index contributed by atoms with van der Waals surface area (Å²) in [5.41, 5.74) is 2.95. The van der Waals surface area contributed by atoms with E-state index in [0.717, 1.165) is 29.3 Å². The number of aromatic amines is 1. The van der Waals surface area contributed by atoms with Crippen molar-refractivity contribution in [1.82, 2.24) is 4.98 Å². The molecule has 2 aromatic rings. The number of carbonyl (C=O) groups excluding carboxylic acids is 1. The van der Waals surface area contributed by atoms with E-state index in [0.29, 0.717) is 5.69 Å². The van der Waals surface area contributed by atoms with Crippen LogP contribution in [0.25, 0.3) is 6.08 Å². The number of aliphatic carboxylic acids is 1. The molecular weight excluding hydrogens is 268 g/mol. The number of nitrogens with one attached hydrogen (secondary N) is 2. The number of H-pyrrole nitrogens is 1. The molecule has 0 saturated carbocycles. The average molecular weight is 284 g/mol. The van der Waals surface area contributed by atoms with E-state index >= 15 is 0 Å². The summed E-state index contributed by atoms with van der Waals surface area (Å²) in [6, 6.07) is 8.87. The lowest BCUT2D eigenvalue weighted by Gasteiger charge is -2.10. The van der Waals surface area contributed by atoms with Crippen LogP contribution in [0.5, 0.6) is 0 Å². The van der Waals surface area contributed by atoms with Gasteiger partial charge in [-0.15, -0.1) is 0 Å². The number of carbonyl (C=O) groups is 2. The number of rotatable bonds is 5. The lowest BCUT2D eigenvalue weighted by molar-refractivity contribution is -0.131. The standard InChI is InChI=1S/C16H16N2O3/c1-2-12-10-11(6-8-15(19)20)5-7-13(12)18-16(21)14-4-3-9-17-14/h3-10,17H,2H2,1H3,(H,18,21)(H,19,20)/b8-6+. The van der Waals surface area contributed by atoms with Gasteiger partial charge in [0.15, 0.2) is 0 Å². The molecule has 2 rings (SSSR count). The molecule has 1 aromatic carbocycles. The van der Waals surface area contributed by atoms with Crippen LogP contribution in [0.4, 0.5) is 5.69 Å². The number of amides is 1. The monoisotopic (exact) mass is 284 g/mol. The number of benzene rings is 1. The number of hydrogen-bond donors (Lipinski definition) is 3. The second kappa shape index (κ2) is 6.56. The maximum absolute atomic E-state index is 12.0. The minimum atomic E-state index is -0.989. The molecule has 21 heavy (non-hydrogen) atoms. The van der Waals surface area contributed by atoms with E-state index in [4.69, 9.17) is 5.11 Å². The number of anilines is 1. The fraction of sp³-hybridized carbons (Fsp3) is 0.125. The van der Waals surface area contributed by atoms with Crippen molar-refractivity contribution < 1.29 is 14.7 Å². The minimum absolute atomic E-state index is 0.205. The van der Waals surface area contributed by atoms with Crippen LogP contribution in [0.2, 0.25) is 0 Å². The molecule has 0 fully saturated rings. The van der Waals surface area contributed by atoms with Gasteiger partial charge in [0, 0.05) is 18.0 Å².